The SMILES string of the molecule is COc1cc2ccnc(C(F)(F)c3cccc4ccccc34)c2cc1OC. The Morgan fingerprint density at radius 2 is 1.48 bits per heavy atom. The number of hydrogen-bond donors (Lipinski definition) is 0. The minimum atomic E-state index is -3.28. The maximum Gasteiger partial charge on any atom is 0.316 e. The molecule has 27 heavy (non-hydrogen) atoms. The number of pyridine rings is 1. The molecule has 0 fully saturated rings. The summed E-state index contributed by atoms with van der Waals surface area (Å²) in [5, 5.41) is 2.20. The first-order valence-corrected chi connectivity index (χ1v) is 8.43. The lowest BCUT2D eigenvalue weighted by Crippen LogP contribution is -2.18. The van der Waals surface area contributed by atoms with Gasteiger partial charge in [-0.3, -0.25) is 4.98 Å². The van der Waals surface area contributed by atoms with Gasteiger partial charge in [-0.15, -0.1) is 0 Å². The van der Waals surface area contributed by atoms with E-state index in [2.05, 4.69) is 4.98 Å². The van der Waals surface area contributed by atoms with Gasteiger partial charge in [0.25, 0.3) is 0 Å². The third-order valence-electron chi connectivity index (χ3n) is 4.69. The molecule has 136 valence electrons. The van der Waals surface area contributed by atoms with E-state index in [1.54, 1.807) is 36.4 Å². The summed E-state index contributed by atoms with van der Waals surface area (Å²) in [6.45, 7) is 0. The van der Waals surface area contributed by atoms with Crippen molar-refractivity contribution in [3.63, 3.8) is 0 Å². The number of alkyl halides is 2. The molecule has 1 aromatic heterocycles. The van der Waals surface area contributed by atoms with E-state index in [1.165, 1.54) is 26.5 Å². The van der Waals surface area contributed by atoms with Gasteiger partial charge < -0.3 is 9.47 Å². The van der Waals surface area contributed by atoms with Crippen LogP contribution in [0.15, 0.2) is 66.9 Å². The van der Waals surface area contributed by atoms with Crippen LogP contribution in [0.3, 0.4) is 0 Å². The van der Waals surface area contributed by atoms with Crippen molar-refractivity contribution in [2.75, 3.05) is 14.2 Å². The highest BCUT2D eigenvalue weighted by Crippen LogP contribution is 2.43. The molecule has 0 atom stereocenters. The van der Waals surface area contributed by atoms with Crippen molar-refractivity contribution in [2.45, 2.75) is 5.92 Å². The largest absolute Gasteiger partial charge is 0.493 e. The highest BCUT2D eigenvalue weighted by molar-refractivity contribution is 5.91. The van der Waals surface area contributed by atoms with Crippen LogP contribution in [0.2, 0.25) is 0 Å². The number of aromatic nitrogens is 1. The van der Waals surface area contributed by atoms with Gasteiger partial charge in [-0.1, -0.05) is 42.5 Å². The molecule has 0 aliphatic rings. The molecular weight excluding hydrogens is 348 g/mol. The van der Waals surface area contributed by atoms with Crippen LogP contribution in [0.1, 0.15) is 11.3 Å². The van der Waals surface area contributed by atoms with Crippen LogP contribution in [0, 0.1) is 0 Å². The van der Waals surface area contributed by atoms with E-state index in [-0.39, 0.29) is 11.3 Å². The Bertz CT molecular complexity index is 1140. The first kappa shape index (κ1) is 17.2. The van der Waals surface area contributed by atoms with Gasteiger partial charge in [0.15, 0.2) is 11.5 Å². The Morgan fingerprint density at radius 1 is 0.778 bits per heavy atom. The maximum atomic E-state index is 15.6. The molecule has 0 unspecified atom stereocenters. The van der Waals surface area contributed by atoms with Crippen molar-refractivity contribution < 1.29 is 18.3 Å². The second kappa shape index (κ2) is 6.50. The van der Waals surface area contributed by atoms with Crippen LogP contribution >= 0.6 is 0 Å². The molecule has 3 nitrogen and oxygen atoms in total. The molecule has 4 aromatic rings. The normalized spacial score (nSPS) is 11.7. The molecule has 0 bridgehead atoms. The Balaban J connectivity index is 2.00. The van der Waals surface area contributed by atoms with Crippen LogP contribution in [-0.2, 0) is 5.92 Å². The van der Waals surface area contributed by atoms with Crippen LogP contribution in [0.5, 0.6) is 11.5 Å². The van der Waals surface area contributed by atoms with Gasteiger partial charge in [0.05, 0.1) is 14.2 Å². The third-order valence-corrected chi connectivity index (χ3v) is 4.69. The molecule has 0 saturated heterocycles. The Labute approximate surface area is 155 Å². The lowest BCUT2D eigenvalue weighted by Gasteiger charge is -2.20. The first-order valence-electron chi connectivity index (χ1n) is 8.43. The molecule has 0 saturated carbocycles. The van der Waals surface area contributed by atoms with Crippen molar-refractivity contribution in [3.05, 3.63) is 78.1 Å². The zero-order valence-corrected chi connectivity index (χ0v) is 14.9. The highest BCUT2D eigenvalue weighted by atomic mass is 19.3. The number of halogens is 2. The van der Waals surface area contributed by atoms with Gasteiger partial charge >= 0.3 is 5.92 Å². The van der Waals surface area contributed by atoms with Crippen molar-refractivity contribution >= 4 is 21.5 Å². The third kappa shape index (κ3) is 2.76. The topological polar surface area (TPSA) is 31.4 Å². The summed E-state index contributed by atoms with van der Waals surface area (Å²) in [5.41, 5.74) is -0.382. The van der Waals surface area contributed by atoms with E-state index in [1.807, 2.05) is 18.2 Å². The second-order valence-corrected chi connectivity index (χ2v) is 6.19. The lowest BCUT2D eigenvalue weighted by molar-refractivity contribution is 0.0414. The highest BCUT2D eigenvalue weighted by Gasteiger charge is 2.38. The molecule has 1 heterocycles. The number of ether oxygens (including phenoxy) is 2. The lowest BCUT2D eigenvalue weighted by atomic mass is 9.95. The van der Waals surface area contributed by atoms with Crippen LogP contribution in [0.25, 0.3) is 21.5 Å². The summed E-state index contributed by atoms with van der Waals surface area (Å²) < 4.78 is 41.8. The smallest absolute Gasteiger partial charge is 0.316 e. The standard InChI is InChI=1S/C22H17F2NO2/c1-26-19-12-15-10-11-25-21(17(15)13-20(19)27-2)22(23,24)18-9-5-7-14-6-3-4-8-16(14)18/h3-13H,1-2H3. The predicted molar refractivity (Wildman–Crippen MR) is 102 cm³/mol. The van der Waals surface area contributed by atoms with E-state index in [0.717, 1.165) is 5.39 Å². The summed E-state index contributed by atoms with van der Waals surface area (Å²) >= 11 is 0. The fourth-order valence-corrected chi connectivity index (χ4v) is 3.38. The van der Waals surface area contributed by atoms with E-state index < -0.39 is 5.92 Å². The number of benzene rings is 3. The molecular formula is C22H17F2NO2. The minimum Gasteiger partial charge on any atom is -0.493 e. The molecule has 0 N–H and O–H groups in total. The quantitative estimate of drug-likeness (QED) is 0.475. The van der Waals surface area contributed by atoms with Crippen molar-refractivity contribution in [3.8, 4) is 11.5 Å². The van der Waals surface area contributed by atoms with Crippen molar-refractivity contribution in [1.82, 2.24) is 4.98 Å². The zero-order valence-electron chi connectivity index (χ0n) is 14.9. The van der Waals surface area contributed by atoms with Gasteiger partial charge in [-0.2, -0.15) is 8.78 Å². The molecule has 0 aliphatic carbocycles. The van der Waals surface area contributed by atoms with Crippen LogP contribution in [0.4, 0.5) is 8.78 Å². The Morgan fingerprint density at radius 3 is 2.26 bits per heavy atom. The first-order chi connectivity index (χ1) is 13.1. The van der Waals surface area contributed by atoms with Crippen LogP contribution < -0.4 is 9.47 Å². The number of fused-ring (bicyclic) bond motifs is 2. The number of nitrogens with zero attached hydrogens (tertiary/aromatic N) is 1. The zero-order chi connectivity index (χ0) is 19.0. The fraction of sp³-hybridized carbons (Fsp3) is 0.136. The summed E-state index contributed by atoms with van der Waals surface area (Å²) in [6, 6.07) is 16.9. The average Bonchev–Trinajstić information content (AvgIpc) is 2.71. The maximum absolute atomic E-state index is 15.6. The van der Waals surface area contributed by atoms with Gasteiger partial charge in [0.2, 0.25) is 0 Å². The second-order valence-electron chi connectivity index (χ2n) is 6.19. The van der Waals surface area contributed by atoms with Gasteiger partial charge in [-0.25, -0.2) is 0 Å². The minimum absolute atomic E-state index is 0.0737. The predicted octanol–water partition coefficient (Wildman–Crippen LogP) is 5.55. The van der Waals surface area contributed by atoms with E-state index in [0.29, 0.717) is 27.7 Å². The summed E-state index contributed by atoms with van der Waals surface area (Å²) in [7, 11) is 2.99. The number of methoxy groups -OCH3 is 2. The molecule has 0 amide bonds. The monoisotopic (exact) mass is 365 g/mol. The summed E-state index contributed by atoms with van der Waals surface area (Å²) in [6.07, 6.45) is 1.39. The van der Waals surface area contributed by atoms with Crippen molar-refractivity contribution in [1.29, 1.82) is 0 Å². The van der Waals surface area contributed by atoms with Gasteiger partial charge in [0.1, 0.15) is 5.69 Å². The number of rotatable bonds is 4. The molecule has 5 heteroatoms. The summed E-state index contributed by atoms with van der Waals surface area (Å²) in [4.78, 5) is 4.05. The summed E-state index contributed by atoms with van der Waals surface area (Å²) in [5.74, 6) is -2.41. The molecule has 3 aromatic carbocycles. The van der Waals surface area contributed by atoms with E-state index in [9.17, 15) is 0 Å². The van der Waals surface area contributed by atoms with Crippen LogP contribution in [-0.4, -0.2) is 19.2 Å². The molecule has 4 rings (SSSR count). The van der Waals surface area contributed by atoms with E-state index in [4.69, 9.17) is 9.47 Å². The van der Waals surface area contributed by atoms with E-state index >= 15 is 8.78 Å². The van der Waals surface area contributed by atoms with Gasteiger partial charge in [-0.05, 0) is 34.4 Å². The fourth-order valence-electron chi connectivity index (χ4n) is 3.38. The molecule has 0 aliphatic heterocycles. The molecule has 0 spiro atoms. The Hall–Kier alpha value is -3.21. The average molecular weight is 365 g/mol. The Kier molecular flexibility index (Phi) is 4.15. The van der Waals surface area contributed by atoms with Crippen molar-refractivity contribution in [2.24, 2.45) is 0 Å². The molecule has 0 radical (unpaired) electrons. The van der Waals surface area contributed by atoms with Gasteiger partial charge in [0, 0.05) is 17.1 Å². The number of hydrogen-bond acceptors (Lipinski definition) is 3.